The highest BCUT2D eigenvalue weighted by Crippen LogP contribution is 2.31. The molecule has 2 aromatic rings. The van der Waals surface area contributed by atoms with Gasteiger partial charge in [-0.2, -0.15) is 0 Å². The third-order valence-electron chi connectivity index (χ3n) is 3.19. The molecule has 3 rings (SSSR count). The lowest BCUT2D eigenvalue weighted by Crippen LogP contribution is -2.34. The molecule has 0 fully saturated rings. The van der Waals surface area contributed by atoms with Crippen LogP contribution < -0.4 is 10.6 Å². The van der Waals surface area contributed by atoms with Crippen LogP contribution in [0.5, 0.6) is 0 Å². The monoisotopic (exact) mass is 252 g/mol. The van der Waals surface area contributed by atoms with Crippen LogP contribution in [0.2, 0.25) is 0 Å². The summed E-state index contributed by atoms with van der Waals surface area (Å²) in [4.78, 5) is 23.7. The van der Waals surface area contributed by atoms with Gasteiger partial charge in [-0.3, -0.25) is 14.9 Å². The molecule has 19 heavy (non-hydrogen) atoms. The summed E-state index contributed by atoms with van der Waals surface area (Å²) >= 11 is 0. The lowest BCUT2D eigenvalue weighted by Gasteiger charge is -2.18. The minimum Gasteiger partial charge on any atom is -0.381 e. The van der Waals surface area contributed by atoms with Gasteiger partial charge in [0, 0.05) is 34.1 Å². The Bertz CT molecular complexity index is 699. The fourth-order valence-electron chi connectivity index (χ4n) is 2.36. The van der Waals surface area contributed by atoms with Crippen molar-refractivity contribution in [1.82, 2.24) is 5.32 Å². The van der Waals surface area contributed by atoms with Gasteiger partial charge in [-0.15, -0.1) is 6.58 Å². The summed E-state index contributed by atoms with van der Waals surface area (Å²) in [6.07, 6.45) is 1.76. The zero-order chi connectivity index (χ0) is 13.4. The number of amides is 2. The van der Waals surface area contributed by atoms with Crippen molar-refractivity contribution in [2.45, 2.75) is 0 Å². The Hall–Kier alpha value is -2.62. The second-order valence-corrected chi connectivity index (χ2v) is 4.34. The SMILES string of the molecule is C=CCNc1ccc2c3c(cccc13)C(=O)NC2=O. The van der Waals surface area contributed by atoms with Gasteiger partial charge < -0.3 is 5.32 Å². The first-order chi connectivity index (χ1) is 9.22. The van der Waals surface area contributed by atoms with Crippen LogP contribution in [-0.2, 0) is 0 Å². The Balaban J connectivity index is 2.32. The molecule has 0 atom stereocenters. The van der Waals surface area contributed by atoms with Crippen LogP contribution in [-0.4, -0.2) is 18.4 Å². The molecule has 0 unspecified atom stereocenters. The molecule has 0 spiro atoms. The lowest BCUT2D eigenvalue weighted by atomic mass is 9.94. The Morgan fingerprint density at radius 3 is 2.58 bits per heavy atom. The van der Waals surface area contributed by atoms with E-state index in [1.54, 1.807) is 18.2 Å². The Kier molecular flexibility index (Phi) is 2.56. The van der Waals surface area contributed by atoms with Gasteiger partial charge in [-0.1, -0.05) is 18.2 Å². The molecule has 2 N–H and O–H groups in total. The minimum atomic E-state index is -0.344. The fourth-order valence-corrected chi connectivity index (χ4v) is 2.36. The summed E-state index contributed by atoms with van der Waals surface area (Å²) in [6.45, 7) is 4.29. The maximum absolute atomic E-state index is 11.8. The first-order valence-corrected chi connectivity index (χ1v) is 5.98. The van der Waals surface area contributed by atoms with E-state index in [0.29, 0.717) is 23.1 Å². The zero-order valence-electron chi connectivity index (χ0n) is 10.2. The van der Waals surface area contributed by atoms with E-state index in [4.69, 9.17) is 0 Å². The average molecular weight is 252 g/mol. The molecule has 1 heterocycles. The predicted octanol–water partition coefficient (Wildman–Crippen LogP) is 2.32. The first kappa shape index (κ1) is 11.5. The molecule has 4 nitrogen and oxygen atoms in total. The van der Waals surface area contributed by atoms with Crippen LogP contribution in [0.15, 0.2) is 43.0 Å². The number of benzene rings is 2. The highest BCUT2D eigenvalue weighted by Gasteiger charge is 2.25. The van der Waals surface area contributed by atoms with Gasteiger partial charge in [0.25, 0.3) is 11.8 Å². The molecule has 0 radical (unpaired) electrons. The van der Waals surface area contributed by atoms with E-state index in [1.807, 2.05) is 18.2 Å². The van der Waals surface area contributed by atoms with Gasteiger partial charge in [0.15, 0.2) is 0 Å². The van der Waals surface area contributed by atoms with Crippen LogP contribution in [0.25, 0.3) is 10.8 Å². The highest BCUT2D eigenvalue weighted by atomic mass is 16.2. The molecule has 1 aliphatic rings. The summed E-state index contributed by atoms with van der Waals surface area (Å²) in [5, 5.41) is 7.14. The molecule has 1 aliphatic heterocycles. The van der Waals surface area contributed by atoms with Crippen molar-refractivity contribution in [3.05, 3.63) is 54.1 Å². The van der Waals surface area contributed by atoms with Gasteiger partial charge in [0.1, 0.15) is 0 Å². The number of nitrogens with one attached hydrogen (secondary N) is 2. The number of hydrogen-bond acceptors (Lipinski definition) is 3. The normalized spacial score (nSPS) is 13.3. The molecule has 0 saturated carbocycles. The van der Waals surface area contributed by atoms with Gasteiger partial charge in [-0.25, -0.2) is 0 Å². The van der Waals surface area contributed by atoms with E-state index in [0.717, 1.165) is 11.1 Å². The topological polar surface area (TPSA) is 58.2 Å². The van der Waals surface area contributed by atoms with Crippen LogP contribution >= 0.6 is 0 Å². The van der Waals surface area contributed by atoms with E-state index >= 15 is 0 Å². The number of carbonyl (C=O) groups is 2. The van der Waals surface area contributed by atoms with E-state index in [-0.39, 0.29) is 11.8 Å². The van der Waals surface area contributed by atoms with Gasteiger partial charge in [0.05, 0.1) is 0 Å². The standard InChI is InChI=1S/C15H12N2O2/c1-2-8-16-12-7-6-11-13-9(12)4-3-5-10(13)14(18)17-15(11)19/h2-7,16H,1,8H2,(H,17,18,19). The Labute approximate surface area is 110 Å². The minimum absolute atomic E-state index is 0.344. The van der Waals surface area contributed by atoms with Crippen LogP contribution in [0.3, 0.4) is 0 Å². The third kappa shape index (κ3) is 1.69. The molecule has 0 aromatic heterocycles. The van der Waals surface area contributed by atoms with Crippen molar-refractivity contribution < 1.29 is 9.59 Å². The maximum Gasteiger partial charge on any atom is 0.258 e. The summed E-state index contributed by atoms with van der Waals surface area (Å²) in [6, 6.07) is 9.03. The highest BCUT2D eigenvalue weighted by molar-refractivity contribution is 6.26. The van der Waals surface area contributed by atoms with E-state index in [2.05, 4.69) is 17.2 Å². The van der Waals surface area contributed by atoms with Crippen molar-refractivity contribution >= 4 is 28.3 Å². The number of anilines is 1. The van der Waals surface area contributed by atoms with Crippen LogP contribution in [0.1, 0.15) is 20.7 Å². The smallest absolute Gasteiger partial charge is 0.258 e. The molecule has 2 amide bonds. The first-order valence-electron chi connectivity index (χ1n) is 5.98. The number of carbonyl (C=O) groups excluding carboxylic acids is 2. The molecule has 94 valence electrons. The van der Waals surface area contributed by atoms with Gasteiger partial charge in [-0.05, 0) is 18.2 Å². The van der Waals surface area contributed by atoms with Crippen molar-refractivity contribution in [2.75, 3.05) is 11.9 Å². The molecule has 4 heteroatoms. The summed E-state index contributed by atoms with van der Waals surface area (Å²) < 4.78 is 0. The second kappa shape index (κ2) is 4.24. The average Bonchev–Trinajstić information content (AvgIpc) is 2.42. The molecule has 0 bridgehead atoms. The van der Waals surface area contributed by atoms with E-state index in [9.17, 15) is 9.59 Å². The van der Waals surface area contributed by atoms with Crippen molar-refractivity contribution in [3.63, 3.8) is 0 Å². The molecular formula is C15H12N2O2. The summed E-state index contributed by atoms with van der Waals surface area (Å²) in [5.74, 6) is -0.687. The van der Waals surface area contributed by atoms with Crippen molar-refractivity contribution in [1.29, 1.82) is 0 Å². The number of rotatable bonds is 3. The molecule has 0 aliphatic carbocycles. The Morgan fingerprint density at radius 2 is 1.84 bits per heavy atom. The summed E-state index contributed by atoms with van der Waals surface area (Å²) in [5.41, 5.74) is 1.96. The lowest BCUT2D eigenvalue weighted by molar-refractivity contribution is 0.0845. The molecule has 2 aromatic carbocycles. The Morgan fingerprint density at radius 1 is 1.11 bits per heavy atom. The molecule has 0 saturated heterocycles. The third-order valence-corrected chi connectivity index (χ3v) is 3.19. The predicted molar refractivity (Wildman–Crippen MR) is 74.4 cm³/mol. The molecular weight excluding hydrogens is 240 g/mol. The van der Waals surface area contributed by atoms with Crippen LogP contribution in [0.4, 0.5) is 5.69 Å². The van der Waals surface area contributed by atoms with E-state index in [1.165, 1.54) is 0 Å². The largest absolute Gasteiger partial charge is 0.381 e. The van der Waals surface area contributed by atoms with Crippen LogP contribution in [0, 0.1) is 0 Å². The number of imide groups is 1. The maximum atomic E-state index is 11.8. The van der Waals surface area contributed by atoms with Gasteiger partial charge in [0.2, 0.25) is 0 Å². The zero-order valence-corrected chi connectivity index (χ0v) is 10.2. The van der Waals surface area contributed by atoms with Gasteiger partial charge >= 0.3 is 0 Å². The summed E-state index contributed by atoms with van der Waals surface area (Å²) in [7, 11) is 0. The fraction of sp³-hybridized carbons (Fsp3) is 0.0667. The second-order valence-electron chi connectivity index (χ2n) is 4.34. The van der Waals surface area contributed by atoms with Crippen molar-refractivity contribution in [2.24, 2.45) is 0 Å². The van der Waals surface area contributed by atoms with E-state index < -0.39 is 0 Å². The number of hydrogen-bond donors (Lipinski definition) is 2. The quantitative estimate of drug-likeness (QED) is 0.651. The van der Waals surface area contributed by atoms with Crippen molar-refractivity contribution in [3.8, 4) is 0 Å².